The fourth-order valence-electron chi connectivity index (χ4n) is 3.74. The lowest BCUT2D eigenvalue weighted by molar-refractivity contribution is -0.117. The fourth-order valence-corrected chi connectivity index (χ4v) is 3.74. The van der Waals surface area contributed by atoms with Crippen LogP contribution in [0.2, 0.25) is 0 Å². The van der Waals surface area contributed by atoms with E-state index in [2.05, 4.69) is 5.32 Å². The van der Waals surface area contributed by atoms with Gasteiger partial charge in [0.15, 0.2) is 0 Å². The van der Waals surface area contributed by atoms with Gasteiger partial charge in [0, 0.05) is 48.6 Å². The SMILES string of the molecule is O=C(Nc1ccc(C(=O)N2CCCC2)cc1)c1cccc(N2CCCC2=O)c1. The molecule has 0 aromatic heterocycles. The number of hydrogen-bond donors (Lipinski definition) is 1. The monoisotopic (exact) mass is 377 g/mol. The van der Waals surface area contributed by atoms with Gasteiger partial charge in [-0.3, -0.25) is 14.4 Å². The third-order valence-electron chi connectivity index (χ3n) is 5.28. The van der Waals surface area contributed by atoms with Crippen LogP contribution in [0.25, 0.3) is 0 Å². The van der Waals surface area contributed by atoms with E-state index in [9.17, 15) is 14.4 Å². The van der Waals surface area contributed by atoms with E-state index >= 15 is 0 Å². The van der Waals surface area contributed by atoms with Gasteiger partial charge in [-0.15, -0.1) is 0 Å². The van der Waals surface area contributed by atoms with Crippen LogP contribution >= 0.6 is 0 Å². The second-order valence-corrected chi connectivity index (χ2v) is 7.23. The number of likely N-dealkylation sites (tertiary alicyclic amines) is 1. The molecule has 3 amide bonds. The van der Waals surface area contributed by atoms with E-state index in [1.165, 1.54) is 0 Å². The number of nitrogens with one attached hydrogen (secondary N) is 1. The minimum Gasteiger partial charge on any atom is -0.339 e. The molecule has 2 saturated heterocycles. The summed E-state index contributed by atoms with van der Waals surface area (Å²) in [5.41, 5.74) is 2.51. The van der Waals surface area contributed by atoms with Gasteiger partial charge in [0.2, 0.25) is 5.91 Å². The van der Waals surface area contributed by atoms with Crippen LogP contribution < -0.4 is 10.2 Å². The van der Waals surface area contributed by atoms with Crippen LogP contribution in [0.15, 0.2) is 48.5 Å². The second kappa shape index (κ2) is 7.84. The van der Waals surface area contributed by atoms with Gasteiger partial charge < -0.3 is 15.1 Å². The summed E-state index contributed by atoms with van der Waals surface area (Å²) in [4.78, 5) is 40.5. The molecule has 2 heterocycles. The molecule has 1 N–H and O–H groups in total. The molecule has 0 saturated carbocycles. The van der Waals surface area contributed by atoms with Crippen molar-refractivity contribution in [3.8, 4) is 0 Å². The summed E-state index contributed by atoms with van der Waals surface area (Å²) < 4.78 is 0. The summed E-state index contributed by atoms with van der Waals surface area (Å²) in [6.07, 6.45) is 3.51. The summed E-state index contributed by atoms with van der Waals surface area (Å²) in [5, 5.41) is 2.86. The number of nitrogens with zero attached hydrogens (tertiary/aromatic N) is 2. The first-order chi connectivity index (χ1) is 13.6. The third kappa shape index (κ3) is 3.76. The molecule has 0 radical (unpaired) electrons. The van der Waals surface area contributed by atoms with Crippen LogP contribution in [-0.4, -0.2) is 42.3 Å². The van der Waals surface area contributed by atoms with Crippen molar-refractivity contribution in [1.29, 1.82) is 0 Å². The number of carbonyl (C=O) groups excluding carboxylic acids is 3. The smallest absolute Gasteiger partial charge is 0.255 e. The molecular weight excluding hydrogens is 354 g/mol. The van der Waals surface area contributed by atoms with Crippen LogP contribution in [-0.2, 0) is 4.79 Å². The van der Waals surface area contributed by atoms with Crippen LogP contribution in [0.1, 0.15) is 46.4 Å². The lowest BCUT2D eigenvalue weighted by Crippen LogP contribution is -2.27. The van der Waals surface area contributed by atoms with E-state index in [0.717, 1.165) is 38.0 Å². The average molecular weight is 377 g/mol. The molecule has 2 aliphatic heterocycles. The standard InChI is InChI=1S/C22H23N3O3/c26-20-7-4-14-25(20)19-6-3-5-17(15-19)21(27)23-18-10-8-16(9-11-18)22(28)24-12-1-2-13-24/h3,5-6,8-11,15H,1-2,4,7,12-14H2,(H,23,27). The Morgan fingerprint density at radius 1 is 0.857 bits per heavy atom. The van der Waals surface area contributed by atoms with Crippen molar-refractivity contribution in [2.75, 3.05) is 29.9 Å². The molecule has 0 unspecified atom stereocenters. The van der Waals surface area contributed by atoms with Gasteiger partial charge in [-0.2, -0.15) is 0 Å². The number of benzene rings is 2. The summed E-state index contributed by atoms with van der Waals surface area (Å²) in [6, 6.07) is 14.1. The van der Waals surface area contributed by atoms with Crippen molar-refractivity contribution >= 4 is 29.1 Å². The highest BCUT2D eigenvalue weighted by molar-refractivity contribution is 6.06. The Morgan fingerprint density at radius 2 is 1.61 bits per heavy atom. The highest BCUT2D eigenvalue weighted by atomic mass is 16.2. The van der Waals surface area contributed by atoms with E-state index in [1.807, 2.05) is 11.0 Å². The minimum absolute atomic E-state index is 0.0401. The Labute approximate surface area is 164 Å². The van der Waals surface area contributed by atoms with Crippen LogP contribution in [0.5, 0.6) is 0 Å². The largest absolute Gasteiger partial charge is 0.339 e. The Kier molecular flexibility index (Phi) is 5.10. The maximum absolute atomic E-state index is 12.6. The highest BCUT2D eigenvalue weighted by Gasteiger charge is 2.22. The van der Waals surface area contributed by atoms with E-state index in [-0.39, 0.29) is 17.7 Å². The van der Waals surface area contributed by atoms with Crippen molar-refractivity contribution in [2.45, 2.75) is 25.7 Å². The molecule has 0 aliphatic carbocycles. The lowest BCUT2D eigenvalue weighted by atomic mass is 10.1. The highest BCUT2D eigenvalue weighted by Crippen LogP contribution is 2.23. The van der Waals surface area contributed by atoms with Gasteiger partial charge >= 0.3 is 0 Å². The molecule has 0 spiro atoms. The molecule has 0 atom stereocenters. The Hall–Kier alpha value is -3.15. The molecule has 144 valence electrons. The molecule has 6 nitrogen and oxygen atoms in total. The molecule has 2 aliphatic rings. The van der Waals surface area contributed by atoms with Gasteiger partial charge in [0.25, 0.3) is 11.8 Å². The van der Waals surface area contributed by atoms with Gasteiger partial charge in [0.05, 0.1) is 0 Å². The molecule has 0 bridgehead atoms. The predicted octanol–water partition coefficient (Wildman–Crippen LogP) is 3.30. The number of carbonyl (C=O) groups is 3. The first kappa shape index (κ1) is 18.2. The minimum atomic E-state index is -0.243. The second-order valence-electron chi connectivity index (χ2n) is 7.23. The molecule has 2 aromatic carbocycles. The van der Waals surface area contributed by atoms with Crippen molar-refractivity contribution in [3.05, 3.63) is 59.7 Å². The molecule has 4 rings (SSSR count). The molecule has 2 fully saturated rings. The van der Waals surface area contributed by atoms with E-state index in [0.29, 0.717) is 29.8 Å². The molecule has 6 heteroatoms. The van der Waals surface area contributed by atoms with Gasteiger partial charge in [-0.1, -0.05) is 6.07 Å². The summed E-state index contributed by atoms with van der Waals surface area (Å²) in [6.45, 7) is 2.32. The topological polar surface area (TPSA) is 69.7 Å². The zero-order valence-corrected chi connectivity index (χ0v) is 15.7. The number of amides is 3. The van der Waals surface area contributed by atoms with Crippen molar-refractivity contribution in [1.82, 2.24) is 4.90 Å². The van der Waals surface area contributed by atoms with Gasteiger partial charge in [-0.05, 0) is 61.7 Å². The Morgan fingerprint density at radius 3 is 2.29 bits per heavy atom. The number of rotatable bonds is 4. The van der Waals surface area contributed by atoms with E-state index in [4.69, 9.17) is 0 Å². The number of hydrogen-bond acceptors (Lipinski definition) is 3. The maximum atomic E-state index is 12.6. The van der Waals surface area contributed by atoms with Crippen LogP contribution in [0, 0.1) is 0 Å². The Bertz CT molecular complexity index is 901. The van der Waals surface area contributed by atoms with Crippen LogP contribution in [0.4, 0.5) is 11.4 Å². The summed E-state index contributed by atoms with van der Waals surface area (Å²) in [5.74, 6) is -0.110. The zero-order chi connectivity index (χ0) is 19.5. The van der Waals surface area contributed by atoms with Crippen molar-refractivity contribution in [2.24, 2.45) is 0 Å². The number of anilines is 2. The van der Waals surface area contributed by atoms with Crippen molar-refractivity contribution in [3.63, 3.8) is 0 Å². The zero-order valence-electron chi connectivity index (χ0n) is 15.7. The van der Waals surface area contributed by atoms with E-state index in [1.54, 1.807) is 47.4 Å². The third-order valence-corrected chi connectivity index (χ3v) is 5.28. The van der Waals surface area contributed by atoms with Gasteiger partial charge in [-0.25, -0.2) is 0 Å². The average Bonchev–Trinajstić information content (AvgIpc) is 3.40. The summed E-state index contributed by atoms with van der Waals surface area (Å²) >= 11 is 0. The lowest BCUT2D eigenvalue weighted by Gasteiger charge is -2.17. The first-order valence-electron chi connectivity index (χ1n) is 9.73. The fraction of sp³-hybridized carbons (Fsp3) is 0.318. The normalized spacial score (nSPS) is 16.5. The molecular formula is C22H23N3O3. The molecule has 28 heavy (non-hydrogen) atoms. The van der Waals surface area contributed by atoms with E-state index < -0.39 is 0 Å². The first-order valence-corrected chi connectivity index (χ1v) is 9.73. The summed E-state index contributed by atoms with van der Waals surface area (Å²) in [7, 11) is 0. The van der Waals surface area contributed by atoms with Crippen LogP contribution in [0.3, 0.4) is 0 Å². The van der Waals surface area contributed by atoms with Gasteiger partial charge in [0.1, 0.15) is 0 Å². The Balaban J connectivity index is 1.43. The quantitative estimate of drug-likeness (QED) is 0.889. The molecule has 2 aromatic rings. The van der Waals surface area contributed by atoms with Crippen molar-refractivity contribution < 1.29 is 14.4 Å². The maximum Gasteiger partial charge on any atom is 0.255 e. The predicted molar refractivity (Wildman–Crippen MR) is 108 cm³/mol.